The second-order valence-electron chi connectivity index (χ2n) is 4.41. The van der Waals surface area contributed by atoms with E-state index in [9.17, 15) is 8.42 Å². The molecule has 0 bridgehead atoms. The summed E-state index contributed by atoms with van der Waals surface area (Å²) in [6, 6.07) is 2.87. The highest BCUT2D eigenvalue weighted by Gasteiger charge is 2.17. The van der Waals surface area contributed by atoms with Crippen molar-refractivity contribution in [3.63, 3.8) is 0 Å². The first kappa shape index (κ1) is 16.0. The molecule has 1 unspecified atom stereocenters. The Kier molecular flexibility index (Phi) is 5.84. The van der Waals surface area contributed by atoms with Gasteiger partial charge < -0.3 is 5.73 Å². The lowest BCUT2D eigenvalue weighted by Gasteiger charge is -2.13. The minimum absolute atomic E-state index is 0.0970. The molecule has 106 valence electrons. The molecular weight excluding hydrogens is 282 g/mol. The topological polar surface area (TPSA) is 85.1 Å². The third kappa shape index (κ3) is 4.85. The molecule has 0 aliphatic carbocycles. The molecule has 0 amide bonds. The Bertz CT molecular complexity index is 526. The lowest BCUT2D eigenvalue weighted by Crippen LogP contribution is -2.32. The molecule has 1 heterocycles. The molecule has 1 atom stereocenters. The molecule has 7 heteroatoms. The van der Waals surface area contributed by atoms with E-state index in [0.29, 0.717) is 5.69 Å². The Morgan fingerprint density at radius 2 is 2.21 bits per heavy atom. The molecule has 1 rings (SSSR count). The number of nitrogens with one attached hydrogen (secondary N) is 1. The summed E-state index contributed by atoms with van der Waals surface area (Å²) in [4.78, 5) is 4.20. The molecule has 0 saturated carbocycles. The van der Waals surface area contributed by atoms with Gasteiger partial charge >= 0.3 is 0 Å². The maximum absolute atomic E-state index is 12.1. The SMILES string of the molecule is CCCCC(C)NS(=O)(=O)c1ccc(C(N)=S)nc1. The number of sulfonamides is 1. The summed E-state index contributed by atoms with van der Waals surface area (Å²) in [5, 5.41) is 0. The number of nitrogens with two attached hydrogens (primary N) is 1. The first-order valence-corrected chi connectivity index (χ1v) is 8.04. The Balaban J connectivity index is 2.79. The molecule has 5 nitrogen and oxygen atoms in total. The van der Waals surface area contributed by atoms with Gasteiger partial charge in [-0.3, -0.25) is 4.98 Å². The van der Waals surface area contributed by atoms with Gasteiger partial charge in [0.05, 0.1) is 5.69 Å². The van der Waals surface area contributed by atoms with Gasteiger partial charge in [0.15, 0.2) is 0 Å². The van der Waals surface area contributed by atoms with Crippen LogP contribution in [0.5, 0.6) is 0 Å². The van der Waals surface area contributed by atoms with Crippen molar-refractivity contribution in [3.8, 4) is 0 Å². The third-order valence-corrected chi connectivity index (χ3v) is 4.43. The standard InChI is InChI=1S/C12H19N3O2S2/c1-3-4-5-9(2)15-19(16,17)10-6-7-11(12(13)18)14-8-10/h6-9,15H,3-5H2,1-2H3,(H2,13,18). The molecule has 1 aromatic rings. The van der Waals surface area contributed by atoms with Crippen LogP contribution in [0.2, 0.25) is 0 Å². The summed E-state index contributed by atoms with van der Waals surface area (Å²) in [7, 11) is -3.53. The number of hydrogen-bond acceptors (Lipinski definition) is 4. The summed E-state index contributed by atoms with van der Waals surface area (Å²) < 4.78 is 26.8. The van der Waals surface area contributed by atoms with Crippen LogP contribution in [-0.4, -0.2) is 24.4 Å². The zero-order chi connectivity index (χ0) is 14.5. The van der Waals surface area contributed by atoms with Gasteiger partial charge in [-0.2, -0.15) is 0 Å². The van der Waals surface area contributed by atoms with E-state index in [1.807, 2.05) is 6.92 Å². The minimum Gasteiger partial charge on any atom is -0.388 e. The predicted molar refractivity (Wildman–Crippen MR) is 79.4 cm³/mol. The monoisotopic (exact) mass is 301 g/mol. The molecule has 1 aromatic heterocycles. The Hall–Kier alpha value is -1.05. The van der Waals surface area contributed by atoms with Gasteiger partial charge in [-0.05, 0) is 25.5 Å². The molecule has 0 fully saturated rings. The summed E-state index contributed by atoms with van der Waals surface area (Å²) in [5.41, 5.74) is 5.82. The summed E-state index contributed by atoms with van der Waals surface area (Å²) in [6.45, 7) is 3.92. The Labute approximate surface area is 119 Å². The van der Waals surface area contributed by atoms with Gasteiger partial charge in [0.1, 0.15) is 9.88 Å². The summed E-state index contributed by atoms with van der Waals surface area (Å²) in [5.74, 6) is 0. The first-order valence-electron chi connectivity index (χ1n) is 6.15. The summed E-state index contributed by atoms with van der Waals surface area (Å²) in [6.07, 6.45) is 4.11. The molecule has 0 aliphatic heterocycles. The number of rotatable bonds is 7. The van der Waals surface area contributed by atoms with E-state index < -0.39 is 10.0 Å². The average Bonchev–Trinajstić information content (AvgIpc) is 2.36. The third-order valence-electron chi connectivity index (χ3n) is 2.65. The highest BCUT2D eigenvalue weighted by Crippen LogP contribution is 2.10. The fourth-order valence-electron chi connectivity index (χ4n) is 1.59. The minimum atomic E-state index is -3.53. The smallest absolute Gasteiger partial charge is 0.242 e. The van der Waals surface area contributed by atoms with Crippen molar-refractivity contribution < 1.29 is 8.42 Å². The molecule has 19 heavy (non-hydrogen) atoms. The van der Waals surface area contributed by atoms with Gasteiger partial charge in [0.2, 0.25) is 10.0 Å². The number of hydrogen-bond donors (Lipinski definition) is 2. The molecular formula is C12H19N3O2S2. The number of aromatic nitrogens is 1. The van der Waals surface area contributed by atoms with E-state index in [2.05, 4.69) is 16.6 Å². The quantitative estimate of drug-likeness (QED) is 0.747. The van der Waals surface area contributed by atoms with Crippen molar-refractivity contribution in [2.45, 2.75) is 44.0 Å². The van der Waals surface area contributed by atoms with Crippen molar-refractivity contribution in [2.75, 3.05) is 0 Å². The second-order valence-corrected chi connectivity index (χ2v) is 6.56. The van der Waals surface area contributed by atoms with Crippen LogP contribution in [0.3, 0.4) is 0 Å². The molecule has 0 aromatic carbocycles. The van der Waals surface area contributed by atoms with Crippen molar-refractivity contribution in [1.29, 1.82) is 0 Å². The van der Waals surface area contributed by atoms with E-state index in [1.54, 1.807) is 0 Å². The highest BCUT2D eigenvalue weighted by atomic mass is 32.2. The van der Waals surface area contributed by atoms with Gasteiger partial charge in [-0.25, -0.2) is 13.1 Å². The Morgan fingerprint density at radius 1 is 1.53 bits per heavy atom. The number of thiocarbonyl (C=S) groups is 1. The van der Waals surface area contributed by atoms with Gasteiger partial charge in [0, 0.05) is 12.2 Å². The fraction of sp³-hybridized carbons (Fsp3) is 0.500. The van der Waals surface area contributed by atoms with Crippen molar-refractivity contribution in [1.82, 2.24) is 9.71 Å². The first-order chi connectivity index (χ1) is 8.86. The highest BCUT2D eigenvalue weighted by molar-refractivity contribution is 7.89. The van der Waals surface area contributed by atoms with Crippen LogP contribution in [0.15, 0.2) is 23.2 Å². The van der Waals surface area contributed by atoms with Crippen LogP contribution in [0.4, 0.5) is 0 Å². The van der Waals surface area contributed by atoms with Crippen LogP contribution in [0.25, 0.3) is 0 Å². The van der Waals surface area contributed by atoms with Crippen molar-refractivity contribution in [3.05, 3.63) is 24.0 Å². The molecule has 0 spiro atoms. The van der Waals surface area contributed by atoms with Crippen LogP contribution >= 0.6 is 12.2 Å². The Morgan fingerprint density at radius 3 is 2.68 bits per heavy atom. The van der Waals surface area contributed by atoms with Gasteiger partial charge in [-0.15, -0.1) is 0 Å². The maximum Gasteiger partial charge on any atom is 0.242 e. The zero-order valence-corrected chi connectivity index (χ0v) is 12.7. The normalized spacial score (nSPS) is 13.2. The average molecular weight is 301 g/mol. The van der Waals surface area contributed by atoms with E-state index >= 15 is 0 Å². The van der Waals surface area contributed by atoms with Crippen LogP contribution < -0.4 is 10.5 Å². The van der Waals surface area contributed by atoms with Gasteiger partial charge in [-0.1, -0.05) is 32.0 Å². The zero-order valence-electron chi connectivity index (χ0n) is 11.1. The van der Waals surface area contributed by atoms with E-state index in [0.717, 1.165) is 19.3 Å². The summed E-state index contributed by atoms with van der Waals surface area (Å²) >= 11 is 4.77. The fourth-order valence-corrected chi connectivity index (χ4v) is 2.93. The molecule has 3 N–H and O–H groups in total. The van der Waals surface area contributed by atoms with Gasteiger partial charge in [0.25, 0.3) is 0 Å². The van der Waals surface area contributed by atoms with Crippen LogP contribution in [0, 0.1) is 0 Å². The second kappa shape index (κ2) is 6.93. The number of unbranched alkanes of at least 4 members (excludes halogenated alkanes) is 1. The van der Waals surface area contributed by atoms with Crippen LogP contribution in [-0.2, 0) is 10.0 Å². The lowest BCUT2D eigenvalue weighted by atomic mass is 10.2. The largest absolute Gasteiger partial charge is 0.388 e. The molecule has 0 saturated heterocycles. The van der Waals surface area contributed by atoms with Crippen molar-refractivity contribution >= 4 is 27.2 Å². The molecule has 0 radical (unpaired) electrons. The number of nitrogens with zero attached hydrogens (tertiary/aromatic N) is 1. The van der Waals surface area contributed by atoms with E-state index in [4.69, 9.17) is 18.0 Å². The maximum atomic E-state index is 12.1. The number of pyridine rings is 1. The lowest BCUT2D eigenvalue weighted by molar-refractivity contribution is 0.534. The van der Waals surface area contributed by atoms with E-state index in [1.165, 1.54) is 18.3 Å². The van der Waals surface area contributed by atoms with Crippen molar-refractivity contribution in [2.24, 2.45) is 5.73 Å². The van der Waals surface area contributed by atoms with E-state index in [-0.39, 0.29) is 15.9 Å². The molecule has 0 aliphatic rings. The predicted octanol–water partition coefficient (Wildman–Crippen LogP) is 1.57. The van der Waals surface area contributed by atoms with Crippen LogP contribution in [0.1, 0.15) is 38.8 Å².